The van der Waals surface area contributed by atoms with E-state index < -0.39 is 18.1 Å². The summed E-state index contributed by atoms with van der Waals surface area (Å²) in [6, 6.07) is -1.24. The lowest BCUT2D eigenvalue weighted by Gasteiger charge is -2.14. The first-order valence-electron chi connectivity index (χ1n) is 12.9. The maximum absolute atomic E-state index is 12.0. The van der Waals surface area contributed by atoms with Gasteiger partial charge < -0.3 is 32.9 Å². The van der Waals surface area contributed by atoms with Gasteiger partial charge in [0.2, 0.25) is 11.8 Å². The third-order valence-electron chi connectivity index (χ3n) is 5.77. The summed E-state index contributed by atoms with van der Waals surface area (Å²) in [5, 5.41) is 14.7. The molecule has 0 spiro atoms. The molecule has 9 nitrogen and oxygen atoms in total. The van der Waals surface area contributed by atoms with Crippen LogP contribution in [0.25, 0.3) is 0 Å². The molecular formula is C24H49N5O4. The van der Waals surface area contributed by atoms with Gasteiger partial charge in [0.05, 0.1) is 6.04 Å². The Hall–Kier alpha value is -1.71. The molecule has 0 aliphatic heterocycles. The number of hydrogen-bond donors (Lipinski definition) is 6. The Labute approximate surface area is 200 Å². The van der Waals surface area contributed by atoms with E-state index in [0.29, 0.717) is 45.3 Å². The van der Waals surface area contributed by atoms with Crippen LogP contribution in [0.3, 0.4) is 0 Å². The smallest absolute Gasteiger partial charge is 0.326 e. The summed E-state index contributed by atoms with van der Waals surface area (Å²) in [5.41, 5.74) is 16.7. The number of rotatable bonds is 23. The summed E-state index contributed by atoms with van der Waals surface area (Å²) in [4.78, 5) is 35.0. The number of nitrogens with one attached hydrogen (secondary N) is 2. The Bertz CT molecular complexity index is 519. The molecule has 0 aromatic rings. The fraction of sp³-hybridized carbons (Fsp3) is 0.875. The first kappa shape index (κ1) is 31.3. The molecule has 0 bridgehead atoms. The van der Waals surface area contributed by atoms with E-state index in [1.165, 1.54) is 12.8 Å². The molecule has 0 radical (unpaired) electrons. The van der Waals surface area contributed by atoms with Gasteiger partial charge in [-0.1, -0.05) is 51.4 Å². The van der Waals surface area contributed by atoms with E-state index in [2.05, 4.69) is 10.6 Å². The molecule has 0 saturated carbocycles. The van der Waals surface area contributed by atoms with Crippen LogP contribution in [0.1, 0.15) is 103 Å². The van der Waals surface area contributed by atoms with Crippen molar-refractivity contribution in [2.24, 2.45) is 17.2 Å². The molecular weight excluding hydrogens is 422 g/mol. The predicted octanol–water partition coefficient (Wildman–Crippen LogP) is 2.16. The Morgan fingerprint density at radius 1 is 0.697 bits per heavy atom. The first-order valence-corrected chi connectivity index (χ1v) is 12.9. The second-order valence-corrected chi connectivity index (χ2v) is 8.86. The van der Waals surface area contributed by atoms with Crippen molar-refractivity contribution in [2.45, 2.75) is 115 Å². The SMILES string of the molecule is NCCCC[C@H](NC(=O)CCCCCCCCCCCNC(=O)[C@@H](N)CCCCN)C(=O)O. The van der Waals surface area contributed by atoms with E-state index in [9.17, 15) is 19.5 Å². The number of unbranched alkanes of at least 4 members (excludes halogenated alkanes) is 10. The highest BCUT2D eigenvalue weighted by Gasteiger charge is 2.18. The second kappa shape index (κ2) is 22.1. The lowest BCUT2D eigenvalue weighted by Crippen LogP contribution is -2.40. The van der Waals surface area contributed by atoms with Crippen LogP contribution in [-0.4, -0.2) is 54.6 Å². The quantitative estimate of drug-likeness (QED) is 0.124. The van der Waals surface area contributed by atoms with Gasteiger partial charge in [-0.05, 0) is 58.0 Å². The molecule has 0 unspecified atom stereocenters. The molecule has 9 N–H and O–H groups in total. The Balaban J connectivity index is 3.54. The van der Waals surface area contributed by atoms with Crippen LogP contribution < -0.4 is 27.8 Å². The van der Waals surface area contributed by atoms with Gasteiger partial charge in [-0.25, -0.2) is 4.79 Å². The minimum Gasteiger partial charge on any atom is -0.480 e. The zero-order valence-electron chi connectivity index (χ0n) is 20.5. The van der Waals surface area contributed by atoms with E-state index in [1.54, 1.807) is 0 Å². The minimum atomic E-state index is -0.982. The van der Waals surface area contributed by atoms with Crippen molar-refractivity contribution in [3.63, 3.8) is 0 Å². The number of aliphatic carboxylic acids is 1. The Morgan fingerprint density at radius 2 is 1.21 bits per heavy atom. The monoisotopic (exact) mass is 471 g/mol. The third kappa shape index (κ3) is 19.5. The molecule has 0 rings (SSSR count). The average molecular weight is 472 g/mol. The van der Waals surface area contributed by atoms with E-state index >= 15 is 0 Å². The summed E-state index contributed by atoms with van der Waals surface area (Å²) in [7, 11) is 0. The molecule has 0 aromatic carbocycles. The van der Waals surface area contributed by atoms with Crippen LogP contribution >= 0.6 is 0 Å². The molecule has 0 saturated heterocycles. The number of carbonyl (C=O) groups excluding carboxylic acids is 2. The summed E-state index contributed by atoms with van der Waals surface area (Å²) < 4.78 is 0. The van der Waals surface area contributed by atoms with Crippen LogP contribution in [0.2, 0.25) is 0 Å². The topological polar surface area (TPSA) is 174 Å². The van der Waals surface area contributed by atoms with Crippen molar-refractivity contribution in [3.8, 4) is 0 Å². The number of carboxylic acids is 1. The van der Waals surface area contributed by atoms with Gasteiger partial charge in [0, 0.05) is 13.0 Å². The summed E-state index contributed by atoms with van der Waals surface area (Å²) in [5.74, 6) is -1.23. The first-order chi connectivity index (χ1) is 15.9. The van der Waals surface area contributed by atoms with Crippen molar-refractivity contribution in [3.05, 3.63) is 0 Å². The van der Waals surface area contributed by atoms with Gasteiger partial charge in [0.15, 0.2) is 0 Å². The average Bonchev–Trinajstić information content (AvgIpc) is 2.79. The van der Waals surface area contributed by atoms with E-state index in [0.717, 1.165) is 64.2 Å². The molecule has 194 valence electrons. The van der Waals surface area contributed by atoms with Gasteiger partial charge in [-0.3, -0.25) is 9.59 Å². The van der Waals surface area contributed by atoms with Crippen LogP contribution in [-0.2, 0) is 14.4 Å². The predicted molar refractivity (Wildman–Crippen MR) is 133 cm³/mol. The molecule has 9 heteroatoms. The zero-order chi connectivity index (χ0) is 24.7. The lowest BCUT2D eigenvalue weighted by atomic mass is 10.1. The summed E-state index contributed by atoms with van der Waals surface area (Å²) in [6.07, 6.45) is 14.3. The van der Waals surface area contributed by atoms with Crippen LogP contribution in [0.4, 0.5) is 0 Å². The molecule has 0 aliphatic carbocycles. The maximum atomic E-state index is 12.0. The third-order valence-corrected chi connectivity index (χ3v) is 5.77. The molecule has 0 heterocycles. The minimum absolute atomic E-state index is 0.0641. The molecule has 2 atom stereocenters. The summed E-state index contributed by atoms with van der Waals surface area (Å²) >= 11 is 0. The van der Waals surface area contributed by atoms with E-state index in [4.69, 9.17) is 17.2 Å². The standard InChI is InChI=1S/C24H49N5O4/c25-17-11-9-14-20(27)23(31)28-19-13-7-5-3-1-2-4-6-8-16-22(30)29-21(24(32)33)15-10-12-18-26/h20-21H,1-19,25-27H2,(H,28,31)(H,29,30)(H,32,33)/t20-,21-/m0/s1. The normalized spacial score (nSPS) is 12.8. The van der Waals surface area contributed by atoms with Crippen LogP contribution in [0.15, 0.2) is 0 Å². The largest absolute Gasteiger partial charge is 0.480 e. The van der Waals surface area contributed by atoms with Crippen molar-refractivity contribution in [1.29, 1.82) is 0 Å². The van der Waals surface area contributed by atoms with Gasteiger partial charge in [0.25, 0.3) is 0 Å². The van der Waals surface area contributed by atoms with Crippen molar-refractivity contribution in [2.75, 3.05) is 19.6 Å². The number of hydrogen-bond acceptors (Lipinski definition) is 6. The fourth-order valence-corrected chi connectivity index (χ4v) is 3.65. The molecule has 0 fully saturated rings. The molecule has 33 heavy (non-hydrogen) atoms. The van der Waals surface area contributed by atoms with Gasteiger partial charge in [0.1, 0.15) is 6.04 Å². The Kier molecular flexibility index (Phi) is 21.0. The van der Waals surface area contributed by atoms with Crippen LogP contribution in [0.5, 0.6) is 0 Å². The van der Waals surface area contributed by atoms with Gasteiger partial charge in [-0.15, -0.1) is 0 Å². The Morgan fingerprint density at radius 3 is 1.76 bits per heavy atom. The fourth-order valence-electron chi connectivity index (χ4n) is 3.65. The molecule has 2 amide bonds. The number of amides is 2. The highest BCUT2D eigenvalue weighted by molar-refractivity contribution is 5.83. The zero-order valence-corrected chi connectivity index (χ0v) is 20.5. The highest BCUT2D eigenvalue weighted by Crippen LogP contribution is 2.11. The van der Waals surface area contributed by atoms with E-state index in [-0.39, 0.29) is 11.8 Å². The van der Waals surface area contributed by atoms with Crippen molar-refractivity contribution >= 4 is 17.8 Å². The lowest BCUT2D eigenvalue weighted by molar-refractivity contribution is -0.142. The molecule has 0 aliphatic rings. The van der Waals surface area contributed by atoms with Crippen molar-refractivity contribution < 1.29 is 19.5 Å². The molecule has 0 aromatic heterocycles. The highest BCUT2D eigenvalue weighted by atomic mass is 16.4. The number of carboxylic acid groups (broad SMARTS) is 1. The summed E-state index contributed by atoms with van der Waals surface area (Å²) in [6.45, 7) is 1.85. The maximum Gasteiger partial charge on any atom is 0.326 e. The van der Waals surface area contributed by atoms with Crippen molar-refractivity contribution in [1.82, 2.24) is 10.6 Å². The van der Waals surface area contributed by atoms with Gasteiger partial charge in [-0.2, -0.15) is 0 Å². The van der Waals surface area contributed by atoms with E-state index in [1.807, 2.05) is 0 Å². The second-order valence-electron chi connectivity index (χ2n) is 8.86. The number of nitrogens with two attached hydrogens (primary N) is 3. The van der Waals surface area contributed by atoms with Crippen LogP contribution in [0, 0.1) is 0 Å². The van der Waals surface area contributed by atoms with Gasteiger partial charge >= 0.3 is 5.97 Å². The number of carbonyl (C=O) groups is 3.